The first-order chi connectivity index (χ1) is 10.9. The minimum absolute atomic E-state index is 0.149. The van der Waals surface area contributed by atoms with Crippen molar-refractivity contribution in [2.24, 2.45) is 7.05 Å². The summed E-state index contributed by atoms with van der Waals surface area (Å²) in [6, 6.07) is 9.25. The highest BCUT2D eigenvalue weighted by Gasteiger charge is 2.29. The van der Waals surface area contributed by atoms with Crippen LogP contribution in [0.25, 0.3) is 0 Å². The van der Waals surface area contributed by atoms with Crippen molar-refractivity contribution in [2.45, 2.75) is 25.8 Å². The van der Waals surface area contributed by atoms with Crippen molar-refractivity contribution in [3.8, 4) is 0 Å². The van der Waals surface area contributed by atoms with Gasteiger partial charge in [0.25, 0.3) is 12.3 Å². The number of carbonyl (C=O) groups is 1. The van der Waals surface area contributed by atoms with Crippen LogP contribution in [0.1, 0.15) is 35.0 Å². The van der Waals surface area contributed by atoms with Crippen molar-refractivity contribution in [2.75, 3.05) is 7.11 Å². The number of hydroxylamine groups is 2. The van der Waals surface area contributed by atoms with Crippen LogP contribution in [0, 0.1) is 0 Å². The van der Waals surface area contributed by atoms with Gasteiger partial charge in [-0.3, -0.25) is 14.3 Å². The molecule has 1 aromatic heterocycles. The van der Waals surface area contributed by atoms with Crippen LogP contribution >= 0.6 is 0 Å². The first-order valence-corrected chi connectivity index (χ1v) is 7.17. The van der Waals surface area contributed by atoms with Crippen LogP contribution in [0.15, 0.2) is 36.5 Å². The monoisotopic (exact) mass is 323 g/mol. The Labute approximate surface area is 133 Å². The minimum Gasteiger partial charge on any atom is -0.275 e. The maximum atomic E-state index is 13.0. The Hall–Kier alpha value is -2.28. The number of nitrogens with zero attached hydrogens (tertiary/aromatic N) is 3. The number of carbonyl (C=O) groups excluding carboxylic acids is 1. The average Bonchev–Trinajstić information content (AvgIpc) is 2.91. The Morgan fingerprint density at radius 2 is 2.00 bits per heavy atom. The van der Waals surface area contributed by atoms with Gasteiger partial charge in [0, 0.05) is 13.2 Å². The van der Waals surface area contributed by atoms with Crippen LogP contribution in [-0.2, 0) is 18.3 Å². The second-order valence-electron chi connectivity index (χ2n) is 5.25. The minimum atomic E-state index is -2.82. The van der Waals surface area contributed by atoms with Crippen LogP contribution in [0.5, 0.6) is 0 Å². The fourth-order valence-electron chi connectivity index (χ4n) is 2.45. The molecule has 23 heavy (non-hydrogen) atoms. The Morgan fingerprint density at radius 1 is 1.35 bits per heavy atom. The SMILES string of the molecule is CON(C(=O)c1cn(C)nc1C(F)F)C(C)Cc1ccccc1. The van der Waals surface area contributed by atoms with Crippen molar-refractivity contribution in [3.05, 3.63) is 53.3 Å². The van der Waals surface area contributed by atoms with Gasteiger partial charge in [0.2, 0.25) is 0 Å². The van der Waals surface area contributed by atoms with Crippen LogP contribution in [0.4, 0.5) is 8.78 Å². The third-order valence-electron chi connectivity index (χ3n) is 3.47. The topological polar surface area (TPSA) is 47.4 Å². The van der Waals surface area contributed by atoms with Gasteiger partial charge in [-0.2, -0.15) is 5.10 Å². The smallest absolute Gasteiger partial charge is 0.275 e. The van der Waals surface area contributed by atoms with Crippen molar-refractivity contribution in [3.63, 3.8) is 0 Å². The van der Waals surface area contributed by atoms with E-state index >= 15 is 0 Å². The molecule has 0 saturated heterocycles. The second kappa shape index (κ2) is 7.32. The molecular weight excluding hydrogens is 304 g/mol. The molecule has 0 N–H and O–H groups in total. The predicted octanol–water partition coefficient (Wildman–Crippen LogP) is 2.99. The molecule has 0 aliphatic rings. The summed E-state index contributed by atoms with van der Waals surface area (Å²) in [5.74, 6) is -0.626. The molecule has 0 spiro atoms. The Bertz CT molecular complexity index is 659. The van der Waals surface area contributed by atoms with Crippen molar-refractivity contribution < 1.29 is 18.4 Å². The third-order valence-corrected chi connectivity index (χ3v) is 3.47. The molecule has 0 saturated carbocycles. The maximum Gasteiger partial charge on any atom is 0.282 e. The number of hydrogen-bond acceptors (Lipinski definition) is 3. The fraction of sp³-hybridized carbons (Fsp3) is 0.375. The number of hydrogen-bond donors (Lipinski definition) is 0. The zero-order valence-corrected chi connectivity index (χ0v) is 13.2. The van der Waals surface area contributed by atoms with E-state index in [-0.39, 0.29) is 11.6 Å². The van der Waals surface area contributed by atoms with E-state index in [9.17, 15) is 13.6 Å². The molecule has 124 valence electrons. The summed E-state index contributed by atoms with van der Waals surface area (Å²) in [4.78, 5) is 17.7. The van der Waals surface area contributed by atoms with Gasteiger partial charge in [-0.15, -0.1) is 0 Å². The Kier molecular flexibility index (Phi) is 5.44. The maximum absolute atomic E-state index is 13.0. The van der Waals surface area contributed by atoms with Gasteiger partial charge in [-0.25, -0.2) is 13.8 Å². The lowest BCUT2D eigenvalue weighted by atomic mass is 10.1. The summed E-state index contributed by atoms with van der Waals surface area (Å²) in [7, 11) is 2.84. The summed E-state index contributed by atoms with van der Waals surface area (Å²) in [5, 5.41) is 4.76. The van der Waals surface area contributed by atoms with Crippen molar-refractivity contribution in [1.29, 1.82) is 0 Å². The molecule has 5 nitrogen and oxygen atoms in total. The van der Waals surface area contributed by atoms with E-state index < -0.39 is 18.0 Å². The Morgan fingerprint density at radius 3 is 2.57 bits per heavy atom. The number of rotatable bonds is 6. The molecule has 1 atom stereocenters. The molecule has 2 rings (SSSR count). The summed E-state index contributed by atoms with van der Waals surface area (Å²) < 4.78 is 27.3. The first-order valence-electron chi connectivity index (χ1n) is 7.17. The van der Waals surface area contributed by atoms with E-state index in [0.717, 1.165) is 10.6 Å². The second-order valence-corrected chi connectivity index (χ2v) is 5.25. The molecule has 1 aromatic carbocycles. The third kappa shape index (κ3) is 3.92. The van der Waals surface area contributed by atoms with E-state index in [0.29, 0.717) is 6.42 Å². The van der Waals surface area contributed by atoms with Crippen LogP contribution in [-0.4, -0.2) is 33.9 Å². The van der Waals surface area contributed by atoms with Crippen LogP contribution < -0.4 is 0 Å². The Balaban J connectivity index is 2.21. The number of benzene rings is 1. The van der Waals surface area contributed by atoms with Gasteiger partial charge in [0.1, 0.15) is 5.69 Å². The average molecular weight is 323 g/mol. The van der Waals surface area contributed by atoms with Gasteiger partial charge in [0.15, 0.2) is 0 Å². The zero-order valence-electron chi connectivity index (χ0n) is 13.2. The first kappa shape index (κ1) is 17.1. The van der Waals surface area contributed by atoms with E-state index in [4.69, 9.17) is 4.84 Å². The number of aryl methyl sites for hydroxylation is 1. The zero-order chi connectivity index (χ0) is 17.0. The lowest BCUT2D eigenvalue weighted by Crippen LogP contribution is -2.39. The number of aromatic nitrogens is 2. The quantitative estimate of drug-likeness (QED) is 0.768. The molecule has 0 bridgehead atoms. The highest BCUT2D eigenvalue weighted by molar-refractivity contribution is 5.94. The van der Waals surface area contributed by atoms with Gasteiger partial charge in [-0.1, -0.05) is 30.3 Å². The summed E-state index contributed by atoms with van der Waals surface area (Å²) in [6.07, 6.45) is -0.992. The molecule has 0 aliphatic carbocycles. The van der Waals surface area contributed by atoms with E-state index in [1.54, 1.807) is 6.92 Å². The number of amides is 1. The number of halogens is 2. The lowest BCUT2D eigenvalue weighted by Gasteiger charge is -2.26. The lowest BCUT2D eigenvalue weighted by molar-refractivity contribution is -0.119. The normalized spacial score (nSPS) is 12.4. The van der Waals surface area contributed by atoms with E-state index in [2.05, 4.69) is 5.10 Å². The fourth-order valence-corrected chi connectivity index (χ4v) is 2.45. The van der Waals surface area contributed by atoms with Gasteiger partial charge in [0.05, 0.1) is 18.7 Å². The standard InChI is InChI=1S/C16H19F2N3O2/c1-11(9-12-7-5-4-6-8-12)21(23-3)16(22)13-10-20(2)19-14(13)15(17)18/h4-8,10-11,15H,9H2,1-3H3. The molecule has 1 amide bonds. The largest absolute Gasteiger partial charge is 0.282 e. The highest BCUT2D eigenvalue weighted by atomic mass is 19.3. The summed E-state index contributed by atoms with van der Waals surface area (Å²) in [5.41, 5.74) is 0.339. The van der Waals surface area contributed by atoms with Gasteiger partial charge < -0.3 is 0 Å². The van der Waals surface area contributed by atoms with Crippen LogP contribution in [0.2, 0.25) is 0 Å². The molecule has 1 heterocycles. The molecular formula is C16H19F2N3O2. The molecule has 1 unspecified atom stereocenters. The van der Waals surface area contributed by atoms with Crippen molar-refractivity contribution >= 4 is 5.91 Å². The highest BCUT2D eigenvalue weighted by Crippen LogP contribution is 2.23. The number of alkyl halides is 2. The van der Waals surface area contributed by atoms with Gasteiger partial charge in [-0.05, 0) is 18.9 Å². The van der Waals surface area contributed by atoms with E-state index in [1.165, 1.54) is 25.0 Å². The van der Waals surface area contributed by atoms with Gasteiger partial charge >= 0.3 is 0 Å². The molecule has 0 fully saturated rings. The molecule has 7 heteroatoms. The molecule has 2 aromatic rings. The molecule has 0 radical (unpaired) electrons. The predicted molar refractivity (Wildman–Crippen MR) is 81.0 cm³/mol. The summed E-state index contributed by atoms with van der Waals surface area (Å²) in [6.45, 7) is 1.80. The molecule has 0 aliphatic heterocycles. The van der Waals surface area contributed by atoms with Crippen LogP contribution in [0.3, 0.4) is 0 Å². The van der Waals surface area contributed by atoms with Crippen molar-refractivity contribution in [1.82, 2.24) is 14.8 Å². The summed E-state index contributed by atoms with van der Waals surface area (Å²) >= 11 is 0. The van der Waals surface area contributed by atoms with E-state index in [1.807, 2.05) is 30.3 Å².